The molecular weight excluding hydrogens is 248 g/mol. The molecule has 0 aromatic heterocycles. The molecule has 1 aliphatic heterocycles. The Morgan fingerprint density at radius 3 is 2.60 bits per heavy atom. The smallest absolute Gasteiger partial charge is 0.228 e. The molecule has 1 fully saturated rings. The minimum atomic E-state index is 0.0868. The molecule has 0 bridgehead atoms. The fraction of sp³-hybridized carbons (Fsp3) is 0.588. The van der Waals surface area contributed by atoms with Gasteiger partial charge in [-0.15, -0.1) is 0 Å². The number of nitrogens with one attached hydrogen (secondary N) is 2. The number of amides is 1. The molecule has 0 atom stereocenters. The lowest BCUT2D eigenvalue weighted by atomic mass is 10.0. The van der Waals surface area contributed by atoms with Gasteiger partial charge in [-0.1, -0.05) is 33.8 Å². The molecule has 2 aliphatic rings. The van der Waals surface area contributed by atoms with Gasteiger partial charge in [0, 0.05) is 23.8 Å². The van der Waals surface area contributed by atoms with Crippen molar-refractivity contribution in [2.45, 2.75) is 40.5 Å². The van der Waals surface area contributed by atoms with Crippen molar-refractivity contribution in [1.29, 1.82) is 0 Å². The maximum Gasteiger partial charge on any atom is 0.228 e. The van der Waals surface area contributed by atoms with Crippen LogP contribution in [-0.4, -0.2) is 12.5 Å². The van der Waals surface area contributed by atoms with E-state index in [4.69, 9.17) is 0 Å². The zero-order valence-electron chi connectivity index (χ0n) is 12.8. The van der Waals surface area contributed by atoms with Gasteiger partial charge in [0.05, 0.1) is 0 Å². The summed E-state index contributed by atoms with van der Waals surface area (Å²) in [5.74, 6) is 0.245. The minimum absolute atomic E-state index is 0.0868. The number of rotatable bonds is 2. The Kier molecular flexibility index (Phi) is 2.86. The molecule has 0 unspecified atom stereocenters. The largest absolute Gasteiger partial charge is 0.385 e. The summed E-state index contributed by atoms with van der Waals surface area (Å²) >= 11 is 0. The van der Waals surface area contributed by atoms with E-state index >= 15 is 0 Å². The second-order valence-corrected chi connectivity index (χ2v) is 7.27. The number of fused-ring (bicyclic) bond motifs is 1. The van der Waals surface area contributed by atoms with Crippen molar-refractivity contribution in [3.8, 4) is 0 Å². The van der Waals surface area contributed by atoms with Crippen LogP contribution >= 0.6 is 0 Å². The van der Waals surface area contributed by atoms with Gasteiger partial charge in [0.15, 0.2) is 0 Å². The number of hydrogen-bond donors (Lipinski definition) is 2. The second kappa shape index (κ2) is 4.24. The molecule has 1 heterocycles. The first kappa shape index (κ1) is 13.5. The minimum Gasteiger partial charge on any atom is -0.385 e. The SMILES string of the molecule is CC1(C)C(C(=O)Nc2ccc3c(c2)NCCC3)C1(C)C. The third-order valence-electron chi connectivity index (χ3n) is 5.60. The predicted octanol–water partition coefficient (Wildman–Crippen LogP) is 3.67. The first-order valence-electron chi connectivity index (χ1n) is 7.52. The Morgan fingerprint density at radius 1 is 1.25 bits per heavy atom. The van der Waals surface area contributed by atoms with Gasteiger partial charge in [-0.2, -0.15) is 0 Å². The zero-order chi connectivity index (χ0) is 14.5. The Morgan fingerprint density at radius 2 is 1.95 bits per heavy atom. The van der Waals surface area contributed by atoms with Crippen LogP contribution in [0.5, 0.6) is 0 Å². The summed E-state index contributed by atoms with van der Waals surface area (Å²) in [5.41, 5.74) is 3.60. The predicted molar refractivity (Wildman–Crippen MR) is 82.9 cm³/mol. The van der Waals surface area contributed by atoms with Gasteiger partial charge in [0.2, 0.25) is 5.91 Å². The molecular formula is C17H24N2O. The molecule has 0 saturated heterocycles. The van der Waals surface area contributed by atoms with Crippen molar-refractivity contribution in [1.82, 2.24) is 0 Å². The maximum absolute atomic E-state index is 12.4. The lowest BCUT2D eigenvalue weighted by molar-refractivity contribution is -0.118. The molecule has 1 aliphatic carbocycles. The van der Waals surface area contributed by atoms with Gasteiger partial charge in [0.1, 0.15) is 0 Å². The Labute approximate surface area is 121 Å². The van der Waals surface area contributed by atoms with Gasteiger partial charge in [-0.25, -0.2) is 0 Å². The van der Waals surface area contributed by atoms with Gasteiger partial charge >= 0.3 is 0 Å². The van der Waals surface area contributed by atoms with E-state index in [2.05, 4.69) is 50.5 Å². The lowest BCUT2D eigenvalue weighted by Gasteiger charge is -2.19. The summed E-state index contributed by atoms with van der Waals surface area (Å²) < 4.78 is 0. The fourth-order valence-electron chi connectivity index (χ4n) is 3.60. The highest BCUT2D eigenvalue weighted by molar-refractivity contribution is 5.96. The van der Waals surface area contributed by atoms with Gasteiger partial charge < -0.3 is 10.6 Å². The summed E-state index contributed by atoms with van der Waals surface area (Å²) in [7, 11) is 0. The first-order valence-corrected chi connectivity index (χ1v) is 7.52. The first-order chi connectivity index (χ1) is 9.34. The average Bonchev–Trinajstić information content (AvgIpc) is 2.79. The molecule has 2 N–H and O–H groups in total. The molecule has 3 rings (SSSR count). The van der Waals surface area contributed by atoms with E-state index in [1.54, 1.807) is 0 Å². The standard InChI is InChI=1S/C17H24N2O/c1-16(2)14(17(16,3)4)15(20)19-12-8-7-11-6-5-9-18-13(11)10-12/h7-8,10,14,18H,5-6,9H2,1-4H3,(H,19,20). The summed E-state index contributed by atoms with van der Waals surface area (Å²) in [6.45, 7) is 9.71. The average molecular weight is 272 g/mol. The normalized spacial score (nSPS) is 22.6. The van der Waals surface area contributed by atoms with Crippen LogP contribution in [0.4, 0.5) is 11.4 Å². The van der Waals surface area contributed by atoms with E-state index in [0.717, 1.165) is 18.7 Å². The Bertz CT molecular complexity index is 546. The molecule has 0 radical (unpaired) electrons. The molecule has 1 aromatic carbocycles. The molecule has 0 spiro atoms. The molecule has 1 saturated carbocycles. The number of benzene rings is 1. The third kappa shape index (κ3) is 1.91. The highest BCUT2D eigenvalue weighted by Gasteiger charge is 2.68. The zero-order valence-corrected chi connectivity index (χ0v) is 12.8. The molecule has 1 aromatic rings. The van der Waals surface area contributed by atoms with Crippen molar-refractivity contribution in [2.75, 3.05) is 17.2 Å². The van der Waals surface area contributed by atoms with Crippen LogP contribution in [0.3, 0.4) is 0 Å². The van der Waals surface area contributed by atoms with E-state index in [1.165, 1.54) is 17.7 Å². The van der Waals surface area contributed by atoms with Gasteiger partial charge in [0.25, 0.3) is 0 Å². The van der Waals surface area contributed by atoms with Crippen molar-refractivity contribution >= 4 is 17.3 Å². The number of carbonyl (C=O) groups excluding carboxylic acids is 1. The van der Waals surface area contributed by atoms with E-state index in [9.17, 15) is 4.79 Å². The Balaban J connectivity index is 1.74. The van der Waals surface area contributed by atoms with E-state index in [-0.39, 0.29) is 22.7 Å². The molecule has 1 amide bonds. The van der Waals surface area contributed by atoms with Crippen LogP contribution in [0.2, 0.25) is 0 Å². The topological polar surface area (TPSA) is 41.1 Å². The van der Waals surface area contributed by atoms with Crippen LogP contribution in [0, 0.1) is 16.7 Å². The number of hydrogen-bond acceptors (Lipinski definition) is 2. The number of anilines is 2. The quantitative estimate of drug-likeness (QED) is 0.862. The van der Waals surface area contributed by atoms with E-state index in [0.29, 0.717) is 0 Å². The molecule has 3 nitrogen and oxygen atoms in total. The fourth-order valence-corrected chi connectivity index (χ4v) is 3.60. The third-order valence-corrected chi connectivity index (χ3v) is 5.60. The summed E-state index contributed by atoms with van der Waals surface area (Å²) in [5, 5.41) is 6.49. The van der Waals surface area contributed by atoms with Crippen molar-refractivity contribution in [2.24, 2.45) is 16.7 Å². The van der Waals surface area contributed by atoms with Crippen molar-refractivity contribution in [3.05, 3.63) is 23.8 Å². The van der Waals surface area contributed by atoms with Crippen LogP contribution in [0.25, 0.3) is 0 Å². The van der Waals surface area contributed by atoms with Gasteiger partial charge in [-0.05, 0) is 41.4 Å². The van der Waals surface area contributed by atoms with Crippen LogP contribution < -0.4 is 10.6 Å². The van der Waals surface area contributed by atoms with Crippen LogP contribution in [-0.2, 0) is 11.2 Å². The van der Waals surface area contributed by atoms with Crippen LogP contribution in [0.1, 0.15) is 39.7 Å². The summed E-state index contributed by atoms with van der Waals surface area (Å²) in [6, 6.07) is 6.21. The second-order valence-electron chi connectivity index (χ2n) is 7.27. The number of aryl methyl sites for hydroxylation is 1. The van der Waals surface area contributed by atoms with Crippen molar-refractivity contribution < 1.29 is 4.79 Å². The monoisotopic (exact) mass is 272 g/mol. The number of carbonyl (C=O) groups is 1. The summed E-state index contributed by atoms with van der Waals surface area (Å²) in [6.07, 6.45) is 2.31. The van der Waals surface area contributed by atoms with E-state index < -0.39 is 0 Å². The molecule has 3 heteroatoms. The van der Waals surface area contributed by atoms with E-state index in [1.807, 2.05) is 6.07 Å². The Hall–Kier alpha value is -1.51. The lowest BCUT2D eigenvalue weighted by Crippen LogP contribution is -2.18. The highest BCUT2D eigenvalue weighted by atomic mass is 16.2. The highest BCUT2D eigenvalue weighted by Crippen LogP contribution is 2.68. The van der Waals surface area contributed by atoms with Crippen LogP contribution in [0.15, 0.2) is 18.2 Å². The molecule has 108 valence electrons. The van der Waals surface area contributed by atoms with Gasteiger partial charge in [-0.3, -0.25) is 4.79 Å². The maximum atomic E-state index is 12.4. The summed E-state index contributed by atoms with van der Waals surface area (Å²) in [4.78, 5) is 12.4. The van der Waals surface area contributed by atoms with Crippen molar-refractivity contribution in [3.63, 3.8) is 0 Å². The molecule has 20 heavy (non-hydrogen) atoms.